The summed E-state index contributed by atoms with van der Waals surface area (Å²) < 4.78 is 0. The first-order chi connectivity index (χ1) is 9.30. The van der Waals surface area contributed by atoms with Crippen LogP contribution in [0, 0.1) is 23.7 Å². The Balaban J connectivity index is 2.15. The molecule has 1 unspecified atom stereocenters. The molecule has 3 N–H and O–H groups in total. The predicted octanol–water partition coefficient (Wildman–Crippen LogP) is 4.27. The Labute approximate surface area is 127 Å². The van der Waals surface area contributed by atoms with E-state index in [4.69, 9.17) is 5.73 Å². The van der Waals surface area contributed by atoms with Crippen LogP contribution in [-0.2, 0) is 0 Å². The molecule has 1 atom stereocenters. The molecule has 1 aliphatic rings. The van der Waals surface area contributed by atoms with Crippen molar-refractivity contribution < 1.29 is 5.11 Å². The third-order valence-electron chi connectivity index (χ3n) is 5.34. The molecule has 1 fully saturated rings. The number of hydrogen-bond donors (Lipinski definition) is 2. The van der Waals surface area contributed by atoms with Gasteiger partial charge in [0.25, 0.3) is 0 Å². The maximum Gasteiger partial charge on any atom is 0.0952 e. The summed E-state index contributed by atoms with van der Waals surface area (Å²) in [6, 6.07) is 2.09. The van der Waals surface area contributed by atoms with Gasteiger partial charge in [-0.3, -0.25) is 0 Å². The molecule has 0 radical (unpaired) electrons. The zero-order chi connectivity index (χ0) is 15.0. The van der Waals surface area contributed by atoms with Crippen LogP contribution in [0.25, 0.3) is 0 Å². The van der Waals surface area contributed by atoms with Gasteiger partial charge in [-0.2, -0.15) is 0 Å². The van der Waals surface area contributed by atoms with E-state index in [9.17, 15) is 5.11 Å². The lowest BCUT2D eigenvalue weighted by molar-refractivity contribution is -0.0217. The summed E-state index contributed by atoms with van der Waals surface area (Å²) >= 11 is 1.67. The lowest BCUT2D eigenvalue weighted by atomic mass is 9.62. The minimum atomic E-state index is -0.395. The molecule has 0 amide bonds. The highest BCUT2D eigenvalue weighted by molar-refractivity contribution is 7.10. The van der Waals surface area contributed by atoms with E-state index in [2.05, 4.69) is 39.1 Å². The van der Waals surface area contributed by atoms with Gasteiger partial charge in [-0.25, -0.2) is 0 Å². The number of aliphatic hydroxyl groups is 1. The van der Waals surface area contributed by atoms with Gasteiger partial charge in [0.05, 0.1) is 6.10 Å². The van der Waals surface area contributed by atoms with Gasteiger partial charge in [-0.15, -0.1) is 11.3 Å². The minimum absolute atomic E-state index is 0.114. The zero-order valence-electron chi connectivity index (χ0n) is 13.3. The summed E-state index contributed by atoms with van der Waals surface area (Å²) in [7, 11) is 0. The minimum Gasteiger partial charge on any atom is -0.387 e. The molecule has 0 saturated heterocycles. The van der Waals surface area contributed by atoms with E-state index in [0.29, 0.717) is 12.0 Å². The van der Waals surface area contributed by atoms with Gasteiger partial charge >= 0.3 is 0 Å². The van der Waals surface area contributed by atoms with Crippen LogP contribution >= 0.6 is 11.3 Å². The van der Waals surface area contributed by atoms with E-state index in [1.54, 1.807) is 11.3 Å². The molecule has 0 aliphatic heterocycles. The molecular weight excluding hydrogens is 266 g/mol. The van der Waals surface area contributed by atoms with Gasteiger partial charge < -0.3 is 10.8 Å². The van der Waals surface area contributed by atoms with Gasteiger partial charge in [0.15, 0.2) is 0 Å². The number of thiophene rings is 1. The van der Waals surface area contributed by atoms with Crippen LogP contribution in [-0.4, -0.2) is 11.7 Å². The molecule has 1 aromatic rings. The highest BCUT2D eigenvalue weighted by atomic mass is 32.1. The average Bonchev–Trinajstić information content (AvgIpc) is 2.83. The van der Waals surface area contributed by atoms with E-state index < -0.39 is 6.10 Å². The van der Waals surface area contributed by atoms with Gasteiger partial charge in [0.1, 0.15) is 0 Å². The van der Waals surface area contributed by atoms with Crippen molar-refractivity contribution in [1.29, 1.82) is 0 Å². The molecule has 2 rings (SSSR count). The fourth-order valence-electron chi connectivity index (χ4n) is 3.59. The summed E-state index contributed by atoms with van der Waals surface area (Å²) in [6.07, 6.45) is 4.06. The molecule has 1 aromatic heterocycles. The van der Waals surface area contributed by atoms with Crippen molar-refractivity contribution in [2.24, 2.45) is 22.5 Å². The highest BCUT2D eigenvalue weighted by Crippen LogP contribution is 2.51. The molecule has 114 valence electrons. The smallest absolute Gasteiger partial charge is 0.0952 e. The molecule has 3 heteroatoms. The zero-order valence-corrected chi connectivity index (χ0v) is 14.1. The quantitative estimate of drug-likeness (QED) is 0.874. The molecule has 0 bridgehead atoms. The first-order valence-electron chi connectivity index (χ1n) is 7.72. The van der Waals surface area contributed by atoms with Gasteiger partial charge in [0, 0.05) is 16.8 Å². The van der Waals surface area contributed by atoms with Crippen LogP contribution in [0.1, 0.15) is 63.0 Å². The van der Waals surface area contributed by atoms with E-state index in [1.165, 1.54) is 18.4 Å². The second-order valence-electron chi connectivity index (χ2n) is 7.58. The number of aliphatic hydroxyl groups excluding tert-OH is 1. The van der Waals surface area contributed by atoms with Crippen molar-refractivity contribution in [3.05, 3.63) is 21.9 Å². The summed E-state index contributed by atoms with van der Waals surface area (Å²) in [6.45, 7) is 9.65. The normalized spacial score (nSPS) is 29.4. The van der Waals surface area contributed by atoms with E-state index in [-0.39, 0.29) is 5.41 Å². The maximum absolute atomic E-state index is 10.9. The average molecular weight is 295 g/mol. The molecule has 0 spiro atoms. The fourth-order valence-corrected chi connectivity index (χ4v) is 4.64. The number of rotatable bonds is 3. The Kier molecular flexibility index (Phi) is 4.63. The van der Waals surface area contributed by atoms with E-state index in [1.807, 2.05) is 0 Å². The van der Waals surface area contributed by atoms with E-state index >= 15 is 0 Å². The lowest BCUT2D eigenvalue weighted by Gasteiger charge is -2.46. The molecule has 1 heterocycles. The summed E-state index contributed by atoms with van der Waals surface area (Å²) in [5.74, 6) is 0.749. The Bertz CT molecular complexity index is 438. The highest BCUT2D eigenvalue weighted by Gasteiger charge is 2.43. The number of nitrogens with two attached hydrogens (primary N) is 1. The monoisotopic (exact) mass is 295 g/mol. The van der Waals surface area contributed by atoms with Crippen LogP contribution in [0.3, 0.4) is 0 Å². The van der Waals surface area contributed by atoms with Gasteiger partial charge in [-0.05, 0) is 60.9 Å². The fraction of sp³-hybridized carbons (Fsp3) is 0.765. The summed E-state index contributed by atoms with van der Waals surface area (Å²) in [5.41, 5.74) is 7.55. The van der Waals surface area contributed by atoms with Crippen molar-refractivity contribution in [2.45, 2.75) is 59.5 Å². The first kappa shape index (κ1) is 16.0. The van der Waals surface area contributed by atoms with Crippen LogP contribution in [0.15, 0.2) is 11.4 Å². The van der Waals surface area contributed by atoms with Crippen molar-refractivity contribution in [1.82, 2.24) is 0 Å². The molecular formula is C17H29NOS. The second kappa shape index (κ2) is 5.78. The topological polar surface area (TPSA) is 46.2 Å². The number of hydrogen-bond acceptors (Lipinski definition) is 3. The van der Waals surface area contributed by atoms with Crippen molar-refractivity contribution in [3.8, 4) is 0 Å². The lowest BCUT2D eigenvalue weighted by Crippen LogP contribution is -2.42. The third kappa shape index (κ3) is 2.95. The van der Waals surface area contributed by atoms with Gasteiger partial charge in [0.2, 0.25) is 0 Å². The van der Waals surface area contributed by atoms with Crippen molar-refractivity contribution >= 4 is 11.3 Å². The Morgan fingerprint density at radius 3 is 2.40 bits per heavy atom. The second-order valence-corrected chi connectivity index (χ2v) is 8.52. The standard InChI is InChI=1S/C17H29NOS/c1-12-7-10-20-14(12)15(19)17(11-18)8-5-13(6-9-17)16(2,3)4/h7,10,13,15,19H,5-6,8-9,11,18H2,1-4H3. The van der Waals surface area contributed by atoms with E-state index in [0.717, 1.165) is 23.6 Å². The number of aryl methyl sites for hydroxylation is 1. The maximum atomic E-state index is 10.9. The third-order valence-corrected chi connectivity index (χ3v) is 6.41. The van der Waals surface area contributed by atoms with Gasteiger partial charge in [-0.1, -0.05) is 20.8 Å². The molecule has 1 saturated carbocycles. The largest absolute Gasteiger partial charge is 0.387 e. The first-order valence-corrected chi connectivity index (χ1v) is 8.60. The SMILES string of the molecule is Cc1ccsc1C(O)C1(CN)CCC(C(C)(C)C)CC1. The van der Waals surface area contributed by atoms with Crippen molar-refractivity contribution in [2.75, 3.05) is 6.54 Å². The summed E-state index contributed by atoms with van der Waals surface area (Å²) in [5, 5.41) is 13.0. The van der Waals surface area contributed by atoms with Crippen LogP contribution < -0.4 is 5.73 Å². The molecule has 0 aromatic carbocycles. The van der Waals surface area contributed by atoms with Crippen LogP contribution in [0.4, 0.5) is 0 Å². The molecule has 2 nitrogen and oxygen atoms in total. The predicted molar refractivity (Wildman–Crippen MR) is 86.9 cm³/mol. The Hall–Kier alpha value is -0.380. The molecule has 20 heavy (non-hydrogen) atoms. The van der Waals surface area contributed by atoms with Crippen LogP contribution in [0.2, 0.25) is 0 Å². The Morgan fingerprint density at radius 1 is 1.40 bits per heavy atom. The Morgan fingerprint density at radius 2 is 2.00 bits per heavy atom. The van der Waals surface area contributed by atoms with Crippen LogP contribution in [0.5, 0.6) is 0 Å². The molecule has 1 aliphatic carbocycles. The van der Waals surface area contributed by atoms with Crippen molar-refractivity contribution in [3.63, 3.8) is 0 Å². The summed E-state index contributed by atoms with van der Waals surface area (Å²) in [4.78, 5) is 1.12.